The summed E-state index contributed by atoms with van der Waals surface area (Å²) in [6.07, 6.45) is 1.88. The number of hydrogen-bond acceptors (Lipinski definition) is 4. The average molecular weight is 494 g/mol. The van der Waals surface area contributed by atoms with Gasteiger partial charge in [-0.05, 0) is 71.1 Å². The Morgan fingerprint density at radius 1 is 1.13 bits per heavy atom. The van der Waals surface area contributed by atoms with E-state index in [2.05, 4.69) is 26.6 Å². The molecule has 7 nitrogen and oxygen atoms in total. The van der Waals surface area contributed by atoms with E-state index in [4.69, 9.17) is 0 Å². The third kappa shape index (κ3) is 5.47. The number of amides is 2. The van der Waals surface area contributed by atoms with Crippen LogP contribution < -0.4 is 10.6 Å². The van der Waals surface area contributed by atoms with Crippen molar-refractivity contribution < 1.29 is 18.0 Å². The number of hydrogen-bond donors (Lipinski definition) is 2. The molecule has 1 aliphatic rings. The van der Waals surface area contributed by atoms with E-state index in [1.54, 1.807) is 18.2 Å². The van der Waals surface area contributed by atoms with Gasteiger partial charge in [-0.1, -0.05) is 19.1 Å². The molecule has 2 aromatic carbocycles. The zero-order valence-electron chi connectivity index (χ0n) is 16.6. The maximum atomic E-state index is 12.8. The smallest absolute Gasteiger partial charge is 0.251 e. The monoisotopic (exact) mass is 493 g/mol. The Labute approximate surface area is 185 Å². The summed E-state index contributed by atoms with van der Waals surface area (Å²) >= 11 is 3.34. The van der Waals surface area contributed by atoms with E-state index >= 15 is 0 Å². The number of nitrogens with zero attached hydrogens (tertiary/aromatic N) is 1. The molecule has 0 aliphatic carbocycles. The topological polar surface area (TPSA) is 95.6 Å². The van der Waals surface area contributed by atoms with Crippen LogP contribution in [0.5, 0.6) is 0 Å². The first kappa shape index (κ1) is 22.5. The van der Waals surface area contributed by atoms with Crippen LogP contribution in [0.2, 0.25) is 0 Å². The highest BCUT2D eigenvalue weighted by molar-refractivity contribution is 9.10. The first-order chi connectivity index (χ1) is 14.3. The lowest BCUT2D eigenvalue weighted by Gasteiger charge is -2.30. The van der Waals surface area contributed by atoms with Crippen LogP contribution in [0.15, 0.2) is 57.9 Å². The van der Waals surface area contributed by atoms with Gasteiger partial charge in [-0.3, -0.25) is 9.59 Å². The Kier molecular flexibility index (Phi) is 7.27. The minimum absolute atomic E-state index is 0.167. The fourth-order valence-corrected chi connectivity index (χ4v) is 5.29. The van der Waals surface area contributed by atoms with E-state index in [1.807, 2.05) is 13.0 Å². The summed E-state index contributed by atoms with van der Waals surface area (Å²) in [7, 11) is -3.57. The van der Waals surface area contributed by atoms with Crippen LogP contribution in [-0.2, 0) is 14.8 Å². The van der Waals surface area contributed by atoms with Crippen LogP contribution in [0.4, 0.5) is 5.69 Å². The summed E-state index contributed by atoms with van der Waals surface area (Å²) in [5.74, 6) is -0.484. The van der Waals surface area contributed by atoms with Crippen molar-refractivity contribution in [3.05, 3.63) is 58.6 Å². The number of nitrogens with one attached hydrogen (secondary N) is 2. The average Bonchev–Trinajstić information content (AvgIpc) is 2.74. The Balaban J connectivity index is 1.58. The van der Waals surface area contributed by atoms with Crippen LogP contribution >= 0.6 is 15.9 Å². The molecular weight excluding hydrogens is 470 g/mol. The molecule has 2 aromatic rings. The van der Waals surface area contributed by atoms with E-state index in [-0.39, 0.29) is 22.9 Å². The standard InChI is InChI=1S/C21H24BrN3O4S/c1-15-5-4-12-25(14-15)30(28,29)17-10-8-16(9-11-17)21(27)23-13-20(26)24-19-7-3-2-6-18(19)22/h2-3,6-11,15H,4-5,12-14H2,1H3,(H,23,27)(H,24,26)/t15-/m0/s1. The molecule has 1 heterocycles. The summed E-state index contributed by atoms with van der Waals surface area (Å²) < 4.78 is 27.8. The van der Waals surface area contributed by atoms with Gasteiger partial charge in [0.2, 0.25) is 15.9 Å². The molecule has 9 heteroatoms. The van der Waals surface area contributed by atoms with E-state index < -0.39 is 15.9 Å². The second kappa shape index (κ2) is 9.72. The minimum Gasteiger partial charge on any atom is -0.343 e. The van der Waals surface area contributed by atoms with Crippen molar-refractivity contribution in [2.24, 2.45) is 5.92 Å². The number of carbonyl (C=O) groups is 2. The molecule has 0 radical (unpaired) electrons. The number of piperidine rings is 1. The largest absolute Gasteiger partial charge is 0.343 e. The van der Waals surface area contributed by atoms with Gasteiger partial charge in [0, 0.05) is 23.1 Å². The van der Waals surface area contributed by atoms with Crippen LogP contribution in [0.3, 0.4) is 0 Å². The lowest BCUT2D eigenvalue weighted by atomic mass is 10.0. The molecule has 30 heavy (non-hydrogen) atoms. The number of rotatable bonds is 6. The summed E-state index contributed by atoms with van der Waals surface area (Å²) in [4.78, 5) is 24.5. The van der Waals surface area contributed by atoms with Gasteiger partial charge in [-0.2, -0.15) is 4.31 Å². The number of benzene rings is 2. The lowest BCUT2D eigenvalue weighted by Crippen LogP contribution is -2.39. The van der Waals surface area contributed by atoms with Crippen molar-refractivity contribution in [1.29, 1.82) is 0 Å². The number of para-hydroxylation sites is 1. The van der Waals surface area contributed by atoms with E-state index in [0.29, 0.717) is 24.7 Å². The molecule has 0 bridgehead atoms. The highest BCUT2D eigenvalue weighted by Gasteiger charge is 2.28. The molecule has 1 aliphatic heterocycles. The number of carbonyl (C=O) groups excluding carboxylic acids is 2. The summed E-state index contributed by atoms with van der Waals surface area (Å²) in [5, 5.41) is 5.24. The summed E-state index contributed by atoms with van der Waals surface area (Å²) in [6.45, 7) is 2.87. The van der Waals surface area contributed by atoms with Crippen molar-refractivity contribution in [2.45, 2.75) is 24.7 Å². The normalized spacial score (nSPS) is 17.3. The Hall–Kier alpha value is -2.23. The SMILES string of the molecule is C[C@H]1CCCN(S(=O)(=O)c2ccc(C(=O)NCC(=O)Nc3ccccc3Br)cc2)C1. The Morgan fingerprint density at radius 2 is 1.83 bits per heavy atom. The van der Waals surface area contributed by atoms with Crippen molar-refractivity contribution in [3.63, 3.8) is 0 Å². The highest BCUT2D eigenvalue weighted by Crippen LogP contribution is 2.24. The molecule has 160 valence electrons. The molecule has 0 aromatic heterocycles. The first-order valence-corrected chi connectivity index (χ1v) is 11.9. The number of anilines is 1. The Morgan fingerprint density at radius 3 is 2.50 bits per heavy atom. The predicted octanol–water partition coefficient (Wildman–Crippen LogP) is 3.24. The molecule has 2 N–H and O–H groups in total. The molecule has 1 atom stereocenters. The predicted molar refractivity (Wildman–Crippen MR) is 119 cm³/mol. The van der Waals surface area contributed by atoms with E-state index in [1.165, 1.54) is 28.6 Å². The zero-order valence-corrected chi connectivity index (χ0v) is 19.0. The molecule has 1 saturated heterocycles. The maximum Gasteiger partial charge on any atom is 0.251 e. The molecule has 1 fully saturated rings. The maximum absolute atomic E-state index is 12.8. The van der Waals surface area contributed by atoms with Gasteiger partial charge < -0.3 is 10.6 Å². The fraction of sp³-hybridized carbons (Fsp3) is 0.333. The number of halogens is 1. The second-order valence-electron chi connectivity index (χ2n) is 7.35. The molecule has 0 spiro atoms. The molecule has 0 saturated carbocycles. The van der Waals surface area contributed by atoms with Gasteiger partial charge >= 0.3 is 0 Å². The third-order valence-electron chi connectivity index (χ3n) is 4.93. The van der Waals surface area contributed by atoms with Gasteiger partial charge in [-0.15, -0.1) is 0 Å². The quantitative estimate of drug-likeness (QED) is 0.645. The summed E-state index contributed by atoms with van der Waals surface area (Å²) in [5.41, 5.74) is 0.896. The van der Waals surface area contributed by atoms with Crippen molar-refractivity contribution >= 4 is 43.5 Å². The Bertz CT molecular complexity index is 1020. The fourth-order valence-electron chi connectivity index (χ4n) is 3.31. The summed E-state index contributed by atoms with van der Waals surface area (Å²) in [6, 6.07) is 13.0. The van der Waals surface area contributed by atoms with Gasteiger partial charge in [0.25, 0.3) is 5.91 Å². The molecule has 3 rings (SSSR count). The minimum atomic E-state index is -3.57. The van der Waals surface area contributed by atoms with Crippen LogP contribution in [-0.4, -0.2) is 44.2 Å². The van der Waals surface area contributed by atoms with Crippen LogP contribution in [0.25, 0.3) is 0 Å². The third-order valence-corrected chi connectivity index (χ3v) is 7.50. The van der Waals surface area contributed by atoms with E-state index in [0.717, 1.165) is 17.3 Å². The van der Waals surface area contributed by atoms with Gasteiger partial charge in [0.15, 0.2) is 0 Å². The van der Waals surface area contributed by atoms with E-state index in [9.17, 15) is 18.0 Å². The molecule has 0 unspecified atom stereocenters. The van der Waals surface area contributed by atoms with Crippen molar-refractivity contribution in [3.8, 4) is 0 Å². The lowest BCUT2D eigenvalue weighted by molar-refractivity contribution is -0.115. The van der Waals surface area contributed by atoms with Gasteiger partial charge in [0.1, 0.15) is 0 Å². The molecular formula is C21H24BrN3O4S. The molecule has 2 amide bonds. The van der Waals surface area contributed by atoms with Gasteiger partial charge in [-0.25, -0.2) is 8.42 Å². The van der Waals surface area contributed by atoms with Crippen molar-refractivity contribution in [1.82, 2.24) is 9.62 Å². The van der Waals surface area contributed by atoms with Crippen LogP contribution in [0, 0.1) is 5.92 Å². The van der Waals surface area contributed by atoms with Gasteiger partial charge in [0.05, 0.1) is 17.1 Å². The first-order valence-electron chi connectivity index (χ1n) is 9.70. The zero-order chi connectivity index (χ0) is 21.7. The second-order valence-corrected chi connectivity index (χ2v) is 10.1. The highest BCUT2D eigenvalue weighted by atomic mass is 79.9. The van der Waals surface area contributed by atoms with Crippen LogP contribution in [0.1, 0.15) is 30.1 Å². The number of sulfonamides is 1. The van der Waals surface area contributed by atoms with Crippen molar-refractivity contribution in [2.75, 3.05) is 25.0 Å².